The van der Waals surface area contributed by atoms with E-state index < -0.39 is 0 Å². The van der Waals surface area contributed by atoms with Crippen molar-refractivity contribution in [2.24, 2.45) is 5.92 Å². The molecule has 0 unspecified atom stereocenters. The molecule has 2 saturated heterocycles. The summed E-state index contributed by atoms with van der Waals surface area (Å²) in [6.07, 6.45) is 3.05. The summed E-state index contributed by atoms with van der Waals surface area (Å²) in [5.41, 5.74) is 2.48. The number of quaternary nitrogens is 1. The fraction of sp³-hybridized carbons (Fsp3) is 0.636. The Morgan fingerprint density at radius 1 is 1.18 bits per heavy atom. The lowest BCUT2D eigenvalue weighted by molar-refractivity contribution is -0.903. The number of thioether (sulfide) groups is 1. The number of piperazine rings is 1. The number of hydrogen-bond acceptors (Lipinski definition) is 3. The first kappa shape index (κ1) is 19.8. The van der Waals surface area contributed by atoms with Gasteiger partial charge in [0.25, 0.3) is 0 Å². The number of benzene rings is 1. The second-order valence-corrected chi connectivity index (χ2v) is 9.71. The van der Waals surface area contributed by atoms with Crippen LogP contribution < -0.4 is 4.90 Å². The number of hydrogen-bond donors (Lipinski definition) is 1. The van der Waals surface area contributed by atoms with Gasteiger partial charge in [-0.1, -0.05) is 36.8 Å². The minimum atomic E-state index is 0.0781. The number of carbonyl (C=O) groups is 2. The molecule has 4 rings (SSSR count). The first-order chi connectivity index (χ1) is 13.6. The summed E-state index contributed by atoms with van der Waals surface area (Å²) in [4.78, 5) is 30.8. The highest BCUT2D eigenvalue weighted by atomic mass is 32.2. The van der Waals surface area contributed by atoms with Crippen LogP contribution in [0.3, 0.4) is 0 Å². The number of aryl methyl sites for hydroxylation is 1. The molecule has 2 amide bonds. The van der Waals surface area contributed by atoms with Crippen molar-refractivity contribution in [2.75, 3.05) is 39.3 Å². The van der Waals surface area contributed by atoms with Gasteiger partial charge in [0.2, 0.25) is 11.8 Å². The minimum absolute atomic E-state index is 0.0781. The fourth-order valence-corrected chi connectivity index (χ4v) is 5.66. The van der Waals surface area contributed by atoms with Gasteiger partial charge in [-0.25, -0.2) is 0 Å². The highest BCUT2D eigenvalue weighted by Gasteiger charge is 2.40. The molecule has 2 atom stereocenters. The lowest BCUT2D eigenvalue weighted by Gasteiger charge is -2.33. The van der Waals surface area contributed by atoms with E-state index in [4.69, 9.17) is 0 Å². The third-order valence-corrected chi connectivity index (χ3v) is 7.93. The zero-order valence-corrected chi connectivity index (χ0v) is 17.8. The SMILES string of the molecule is CC[C@@H]1S[C@@H](c2ccc(C)cc2)N(CC[NH+]2CCN(C(=O)C3CC3)CC2)C1=O. The van der Waals surface area contributed by atoms with Crippen molar-refractivity contribution >= 4 is 23.6 Å². The molecule has 1 aromatic rings. The summed E-state index contributed by atoms with van der Waals surface area (Å²) in [5.74, 6) is 0.984. The number of amides is 2. The van der Waals surface area contributed by atoms with Crippen molar-refractivity contribution in [1.29, 1.82) is 0 Å². The lowest BCUT2D eigenvalue weighted by Crippen LogP contribution is -3.15. The Morgan fingerprint density at radius 3 is 2.46 bits per heavy atom. The van der Waals surface area contributed by atoms with Gasteiger partial charge in [-0.3, -0.25) is 9.59 Å². The van der Waals surface area contributed by atoms with Crippen LogP contribution in [0.25, 0.3) is 0 Å². The molecule has 0 bridgehead atoms. The zero-order valence-electron chi connectivity index (χ0n) is 17.0. The van der Waals surface area contributed by atoms with Gasteiger partial charge in [0.15, 0.2) is 0 Å². The third kappa shape index (κ3) is 4.23. The first-order valence-electron chi connectivity index (χ1n) is 10.7. The average Bonchev–Trinajstić information content (AvgIpc) is 3.51. The summed E-state index contributed by atoms with van der Waals surface area (Å²) < 4.78 is 0. The molecule has 1 aliphatic carbocycles. The van der Waals surface area contributed by atoms with Gasteiger partial charge in [-0.2, -0.15) is 0 Å². The molecule has 152 valence electrons. The van der Waals surface area contributed by atoms with Crippen LogP contribution in [0, 0.1) is 12.8 Å². The van der Waals surface area contributed by atoms with Crippen LogP contribution in [0.5, 0.6) is 0 Å². The Kier molecular flexibility index (Phi) is 5.97. The normalized spacial score (nSPS) is 26.1. The first-order valence-corrected chi connectivity index (χ1v) is 11.7. The minimum Gasteiger partial charge on any atom is -0.331 e. The van der Waals surface area contributed by atoms with Crippen molar-refractivity contribution in [1.82, 2.24) is 9.80 Å². The predicted octanol–water partition coefficient (Wildman–Crippen LogP) is 1.48. The fourth-order valence-electron chi connectivity index (χ4n) is 4.24. The molecule has 2 heterocycles. The zero-order chi connectivity index (χ0) is 19.7. The molecule has 1 saturated carbocycles. The Balaban J connectivity index is 1.34. The summed E-state index contributed by atoms with van der Waals surface area (Å²) in [6, 6.07) is 8.61. The van der Waals surface area contributed by atoms with E-state index in [1.807, 2.05) is 0 Å². The third-order valence-electron chi connectivity index (χ3n) is 6.28. The van der Waals surface area contributed by atoms with E-state index in [1.54, 1.807) is 11.8 Å². The van der Waals surface area contributed by atoms with E-state index >= 15 is 0 Å². The summed E-state index contributed by atoms with van der Waals surface area (Å²) in [7, 11) is 0. The summed E-state index contributed by atoms with van der Waals surface area (Å²) in [6.45, 7) is 9.70. The maximum absolute atomic E-state index is 12.9. The monoisotopic (exact) mass is 402 g/mol. The van der Waals surface area contributed by atoms with Gasteiger partial charge in [0.05, 0.1) is 44.5 Å². The maximum Gasteiger partial charge on any atom is 0.237 e. The van der Waals surface area contributed by atoms with Crippen molar-refractivity contribution in [3.63, 3.8) is 0 Å². The van der Waals surface area contributed by atoms with E-state index in [9.17, 15) is 9.59 Å². The van der Waals surface area contributed by atoms with Crippen LogP contribution in [0.4, 0.5) is 0 Å². The van der Waals surface area contributed by atoms with Crippen LogP contribution >= 0.6 is 11.8 Å². The predicted molar refractivity (Wildman–Crippen MR) is 112 cm³/mol. The lowest BCUT2D eigenvalue weighted by atomic mass is 10.1. The number of carbonyl (C=O) groups excluding carboxylic acids is 2. The smallest absolute Gasteiger partial charge is 0.237 e. The van der Waals surface area contributed by atoms with Crippen molar-refractivity contribution in [3.8, 4) is 0 Å². The van der Waals surface area contributed by atoms with Crippen LogP contribution in [0.2, 0.25) is 0 Å². The molecule has 6 heteroatoms. The number of nitrogens with zero attached hydrogens (tertiary/aromatic N) is 2. The van der Waals surface area contributed by atoms with Gasteiger partial charge in [-0.05, 0) is 31.7 Å². The van der Waals surface area contributed by atoms with Crippen LogP contribution in [0.1, 0.15) is 42.7 Å². The second kappa shape index (κ2) is 8.46. The van der Waals surface area contributed by atoms with Gasteiger partial charge >= 0.3 is 0 Å². The molecule has 0 radical (unpaired) electrons. The van der Waals surface area contributed by atoms with Crippen molar-refractivity contribution in [3.05, 3.63) is 35.4 Å². The highest BCUT2D eigenvalue weighted by Crippen LogP contribution is 2.43. The molecule has 3 fully saturated rings. The Bertz CT molecular complexity index is 711. The molecule has 1 N–H and O–H groups in total. The number of nitrogens with one attached hydrogen (secondary N) is 1. The van der Waals surface area contributed by atoms with E-state index in [2.05, 4.69) is 47.9 Å². The quantitative estimate of drug-likeness (QED) is 0.784. The Hall–Kier alpha value is -1.53. The molecule has 1 aromatic carbocycles. The molecular weight excluding hydrogens is 370 g/mol. The molecule has 0 aromatic heterocycles. The summed E-state index contributed by atoms with van der Waals surface area (Å²) in [5, 5.41) is 0.212. The molecule has 28 heavy (non-hydrogen) atoms. The van der Waals surface area contributed by atoms with Crippen LogP contribution in [-0.4, -0.2) is 66.1 Å². The summed E-state index contributed by atoms with van der Waals surface area (Å²) >= 11 is 1.80. The van der Waals surface area contributed by atoms with E-state index in [-0.39, 0.29) is 10.6 Å². The van der Waals surface area contributed by atoms with Crippen molar-refractivity contribution in [2.45, 2.75) is 43.7 Å². The maximum atomic E-state index is 12.9. The molecule has 2 aliphatic heterocycles. The molecular formula is C22H32N3O2S+. The van der Waals surface area contributed by atoms with E-state index in [0.717, 1.165) is 58.5 Å². The number of rotatable bonds is 6. The van der Waals surface area contributed by atoms with Gasteiger partial charge in [0, 0.05) is 5.92 Å². The molecule has 0 spiro atoms. The largest absolute Gasteiger partial charge is 0.331 e. The van der Waals surface area contributed by atoms with Crippen LogP contribution in [0.15, 0.2) is 24.3 Å². The van der Waals surface area contributed by atoms with Gasteiger partial charge in [-0.15, -0.1) is 11.8 Å². The van der Waals surface area contributed by atoms with Gasteiger partial charge in [0.1, 0.15) is 5.37 Å². The standard InChI is InChI=1S/C22H31N3O2S/c1-3-19-21(27)25(22(28-19)18-6-4-16(2)5-7-18)15-12-23-10-13-24(14-11-23)20(26)17-8-9-17/h4-7,17,19,22H,3,8-15H2,1-2H3/p+1/t19-,22-/m0/s1. The Labute approximate surface area is 172 Å². The highest BCUT2D eigenvalue weighted by molar-refractivity contribution is 8.01. The topological polar surface area (TPSA) is 45.1 Å². The average molecular weight is 403 g/mol. The molecule has 5 nitrogen and oxygen atoms in total. The molecule has 3 aliphatic rings. The second-order valence-electron chi connectivity index (χ2n) is 8.43. The van der Waals surface area contributed by atoms with Gasteiger partial charge < -0.3 is 14.7 Å². The van der Waals surface area contributed by atoms with Crippen LogP contribution in [-0.2, 0) is 9.59 Å². The van der Waals surface area contributed by atoms with E-state index in [0.29, 0.717) is 17.7 Å². The Morgan fingerprint density at radius 2 is 1.86 bits per heavy atom. The van der Waals surface area contributed by atoms with Crippen molar-refractivity contribution < 1.29 is 14.5 Å². The van der Waals surface area contributed by atoms with E-state index in [1.165, 1.54) is 16.0 Å².